The standard InChI is InChI=1S/C8H13N2O3/c1-2-13-7(11)5-6-8(12)10-4-3-9-6/h6H,2-5H2,1H3,(H,10,12). The summed E-state index contributed by atoms with van der Waals surface area (Å²) in [7, 11) is 0. The Bertz CT molecular complexity index is 206. The van der Waals surface area contributed by atoms with Crippen molar-refractivity contribution >= 4 is 11.9 Å². The Labute approximate surface area is 76.8 Å². The average molecular weight is 185 g/mol. The quantitative estimate of drug-likeness (QED) is 0.576. The largest absolute Gasteiger partial charge is 0.466 e. The molecule has 0 aromatic rings. The maximum Gasteiger partial charge on any atom is 0.307 e. The van der Waals surface area contributed by atoms with E-state index in [-0.39, 0.29) is 18.3 Å². The molecule has 0 spiro atoms. The Kier molecular flexibility index (Phi) is 3.70. The summed E-state index contributed by atoms with van der Waals surface area (Å²) in [5, 5.41) is 6.66. The SMILES string of the molecule is CCOC(=O)CC1[N]CCNC1=O. The third kappa shape index (κ3) is 3.02. The highest BCUT2D eigenvalue weighted by molar-refractivity contribution is 5.87. The van der Waals surface area contributed by atoms with Crippen molar-refractivity contribution in [2.45, 2.75) is 19.4 Å². The lowest BCUT2D eigenvalue weighted by Crippen LogP contribution is -2.50. The molecule has 1 saturated heterocycles. The van der Waals surface area contributed by atoms with Gasteiger partial charge in [0.05, 0.1) is 13.0 Å². The van der Waals surface area contributed by atoms with Crippen LogP contribution < -0.4 is 10.6 Å². The van der Waals surface area contributed by atoms with Crippen LogP contribution in [0.5, 0.6) is 0 Å². The van der Waals surface area contributed by atoms with Gasteiger partial charge in [0.2, 0.25) is 5.91 Å². The van der Waals surface area contributed by atoms with Gasteiger partial charge in [-0.2, -0.15) is 0 Å². The minimum atomic E-state index is -0.548. The van der Waals surface area contributed by atoms with Crippen molar-refractivity contribution in [1.29, 1.82) is 0 Å². The summed E-state index contributed by atoms with van der Waals surface area (Å²) < 4.78 is 4.71. The van der Waals surface area contributed by atoms with E-state index in [1.165, 1.54) is 0 Å². The van der Waals surface area contributed by atoms with Crippen molar-refractivity contribution < 1.29 is 14.3 Å². The fourth-order valence-electron chi connectivity index (χ4n) is 1.14. The van der Waals surface area contributed by atoms with Crippen molar-refractivity contribution in [2.75, 3.05) is 19.7 Å². The second-order valence-electron chi connectivity index (χ2n) is 2.72. The summed E-state index contributed by atoms with van der Waals surface area (Å²) in [6.07, 6.45) is 0.0552. The number of piperazine rings is 1. The number of amides is 1. The fraction of sp³-hybridized carbons (Fsp3) is 0.750. The molecule has 1 heterocycles. The van der Waals surface area contributed by atoms with Gasteiger partial charge in [-0.25, -0.2) is 5.32 Å². The second kappa shape index (κ2) is 4.81. The van der Waals surface area contributed by atoms with E-state index in [0.717, 1.165) is 0 Å². The number of ether oxygens (including phenoxy) is 1. The number of carbonyl (C=O) groups excluding carboxylic acids is 2. The minimum absolute atomic E-state index is 0.0552. The van der Waals surface area contributed by atoms with Crippen LogP contribution in [0.4, 0.5) is 0 Å². The van der Waals surface area contributed by atoms with Crippen LogP contribution in [0.3, 0.4) is 0 Å². The van der Waals surface area contributed by atoms with Crippen LogP contribution in [-0.4, -0.2) is 37.6 Å². The molecule has 5 nitrogen and oxygen atoms in total. The van der Waals surface area contributed by atoms with Gasteiger partial charge >= 0.3 is 5.97 Å². The normalized spacial score (nSPS) is 22.2. The van der Waals surface area contributed by atoms with Crippen molar-refractivity contribution in [3.63, 3.8) is 0 Å². The number of carbonyl (C=O) groups is 2. The van der Waals surface area contributed by atoms with Crippen molar-refractivity contribution in [1.82, 2.24) is 10.6 Å². The molecule has 13 heavy (non-hydrogen) atoms. The molecule has 0 saturated carbocycles. The molecule has 1 rings (SSSR count). The molecule has 5 heteroatoms. The van der Waals surface area contributed by atoms with Gasteiger partial charge in [-0.1, -0.05) is 0 Å². The van der Waals surface area contributed by atoms with Crippen molar-refractivity contribution in [3.05, 3.63) is 0 Å². The molecule has 0 aromatic heterocycles. The number of hydrogen-bond acceptors (Lipinski definition) is 3. The van der Waals surface area contributed by atoms with Crippen LogP contribution in [0, 0.1) is 0 Å². The molecular formula is C8H13N2O3. The summed E-state index contributed by atoms with van der Waals surface area (Å²) in [5.41, 5.74) is 0. The first kappa shape index (κ1) is 9.98. The smallest absolute Gasteiger partial charge is 0.307 e. The first-order chi connectivity index (χ1) is 6.24. The lowest BCUT2D eigenvalue weighted by molar-refractivity contribution is -0.145. The molecule has 1 N–H and O–H groups in total. The maximum absolute atomic E-state index is 11.1. The molecule has 0 bridgehead atoms. The lowest BCUT2D eigenvalue weighted by Gasteiger charge is -2.20. The Morgan fingerprint density at radius 1 is 1.77 bits per heavy atom. The third-order valence-electron chi connectivity index (χ3n) is 1.73. The number of nitrogens with zero attached hydrogens (tertiary/aromatic N) is 1. The molecular weight excluding hydrogens is 172 g/mol. The Morgan fingerprint density at radius 3 is 3.15 bits per heavy atom. The molecule has 1 aliphatic heterocycles. The van der Waals surface area contributed by atoms with Crippen LogP contribution in [0.1, 0.15) is 13.3 Å². The predicted octanol–water partition coefficient (Wildman–Crippen LogP) is -0.958. The van der Waals surface area contributed by atoms with E-state index < -0.39 is 6.04 Å². The summed E-state index contributed by atoms with van der Waals surface area (Å²) >= 11 is 0. The van der Waals surface area contributed by atoms with E-state index in [9.17, 15) is 9.59 Å². The van der Waals surface area contributed by atoms with Gasteiger partial charge in [0.15, 0.2) is 0 Å². The summed E-state index contributed by atoms with van der Waals surface area (Å²) in [5.74, 6) is -0.549. The monoisotopic (exact) mass is 185 g/mol. The van der Waals surface area contributed by atoms with Crippen molar-refractivity contribution in [3.8, 4) is 0 Å². The van der Waals surface area contributed by atoms with E-state index in [4.69, 9.17) is 4.74 Å². The van der Waals surface area contributed by atoms with Gasteiger partial charge in [-0.05, 0) is 6.92 Å². The zero-order chi connectivity index (χ0) is 9.68. The lowest BCUT2D eigenvalue weighted by atomic mass is 10.1. The average Bonchev–Trinajstić information content (AvgIpc) is 2.09. The zero-order valence-corrected chi connectivity index (χ0v) is 7.58. The predicted molar refractivity (Wildman–Crippen MR) is 45.0 cm³/mol. The van der Waals surface area contributed by atoms with Crippen LogP contribution in [0.25, 0.3) is 0 Å². The fourth-order valence-corrected chi connectivity index (χ4v) is 1.14. The molecule has 0 aromatic carbocycles. The van der Waals surface area contributed by atoms with E-state index in [1.807, 2.05) is 0 Å². The van der Waals surface area contributed by atoms with Crippen LogP contribution >= 0.6 is 0 Å². The van der Waals surface area contributed by atoms with Crippen LogP contribution in [0.15, 0.2) is 0 Å². The minimum Gasteiger partial charge on any atom is -0.466 e. The van der Waals surface area contributed by atoms with Gasteiger partial charge in [0, 0.05) is 13.1 Å². The van der Waals surface area contributed by atoms with Gasteiger partial charge in [-0.15, -0.1) is 0 Å². The van der Waals surface area contributed by atoms with E-state index >= 15 is 0 Å². The maximum atomic E-state index is 11.1. The molecule has 1 unspecified atom stereocenters. The molecule has 1 aliphatic rings. The van der Waals surface area contributed by atoms with Crippen LogP contribution in [-0.2, 0) is 14.3 Å². The molecule has 1 fully saturated rings. The van der Waals surface area contributed by atoms with E-state index in [1.54, 1.807) is 6.92 Å². The Morgan fingerprint density at radius 2 is 2.54 bits per heavy atom. The van der Waals surface area contributed by atoms with Crippen LogP contribution in [0.2, 0.25) is 0 Å². The molecule has 0 aliphatic carbocycles. The highest BCUT2D eigenvalue weighted by Crippen LogP contribution is 1.99. The number of rotatable bonds is 3. The first-order valence-electron chi connectivity index (χ1n) is 4.34. The summed E-state index contributed by atoms with van der Waals surface area (Å²) in [6.45, 7) is 3.22. The first-order valence-corrected chi connectivity index (χ1v) is 4.34. The van der Waals surface area contributed by atoms with Gasteiger partial charge in [0.1, 0.15) is 6.04 Å². The van der Waals surface area contributed by atoms with E-state index in [2.05, 4.69) is 10.6 Å². The topological polar surface area (TPSA) is 69.5 Å². The molecule has 1 radical (unpaired) electrons. The summed E-state index contributed by atoms with van der Waals surface area (Å²) in [6, 6.07) is -0.548. The molecule has 73 valence electrons. The second-order valence-corrected chi connectivity index (χ2v) is 2.72. The van der Waals surface area contributed by atoms with Gasteiger partial charge in [0.25, 0.3) is 0 Å². The van der Waals surface area contributed by atoms with Gasteiger partial charge in [-0.3, -0.25) is 9.59 Å². The zero-order valence-electron chi connectivity index (χ0n) is 7.58. The Balaban J connectivity index is 2.33. The number of nitrogens with one attached hydrogen (secondary N) is 1. The van der Waals surface area contributed by atoms with E-state index in [0.29, 0.717) is 19.7 Å². The highest BCUT2D eigenvalue weighted by atomic mass is 16.5. The highest BCUT2D eigenvalue weighted by Gasteiger charge is 2.25. The molecule has 1 atom stereocenters. The molecule has 1 amide bonds. The Hall–Kier alpha value is -1.10. The van der Waals surface area contributed by atoms with Crippen molar-refractivity contribution in [2.24, 2.45) is 0 Å². The van der Waals surface area contributed by atoms with Gasteiger partial charge < -0.3 is 10.1 Å². The number of esters is 1. The third-order valence-corrected chi connectivity index (χ3v) is 1.73. The summed E-state index contributed by atoms with van der Waals surface area (Å²) in [4.78, 5) is 22.1. The number of hydrogen-bond donors (Lipinski definition) is 1.